The van der Waals surface area contributed by atoms with Gasteiger partial charge in [-0.05, 0) is 31.7 Å². The summed E-state index contributed by atoms with van der Waals surface area (Å²) >= 11 is 0. The molecule has 2 nitrogen and oxygen atoms in total. The fourth-order valence-corrected chi connectivity index (χ4v) is 4.73. The van der Waals surface area contributed by atoms with Crippen LogP contribution in [0.2, 0.25) is 0 Å². The summed E-state index contributed by atoms with van der Waals surface area (Å²) in [6.07, 6.45) is 18.9. The zero-order valence-electron chi connectivity index (χ0n) is 17.8. The Bertz CT molecular complexity index is 726. The molecule has 0 spiro atoms. The minimum absolute atomic E-state index is 0. The number of benzene rings is 1. The van der Waals surface area contributed by atoms with E-state index in [4.69, 9.17) is 5.73 Å². The number of para-hydroxylation sites is 1. The molecule has 28 heavy (non-hydrogen) atoms. The van der Waals surface area contributed by atoms with Gasteiger partial charge in [0.1, 0.15) is 6.54 Å². The van der Waals surface area contributed by atoms with E-state index in [2.05, 4.69) is 35.8 Å². The van der Waals surface area contributed by atoms with Crippen LogP contribution in [0.1, 0.15) is 95.2 Å². The van der Waals surface area contributed by atoms with Crippen molar-refractivity contribution in [1.82, 2.24) is 0 Å². The van der Waals surface area contributed by atoms with E-state index in [0.29, 0.717) is 0 Å². The van der Waals surface area contributed by atoms with Crippen molar-refractivity contribution in [3.8, 4) is 0 Å². The van der Waals surface area contributed by atoms with E-state index < -0.39 is 0 Å². The standard InChI is InChI=1S/C25H38N2.BrH/c1-2-3-4-5-6-7-8-9-10-15-20-27-23-18-13-11-16-21(23)25(26)22-17-12-14-19-24(22)27;/h11,13,16,18,26H,2-10,12,14-15,17,19-20H2,1H3;1H. The summed E-state index contributed by atoms with van der Waals surface area (Å²) in [4.78, 5) is 0. The molecule has 1 heterocycles. The summed E-state index contributed by atoms with van der Waals surface area (Å²) in [6, 6.07) is 8.75. The fourth-order valence-electron chi connectivity index (χ4n) is 4.73. The number of halogens is 1. The molecule has 0 saturated carbocycles. The number of anilines is 1. The van der Waals surface area contributed by atoms with Crippen LogP contribution in [0.4, 0.5) is 5.69 Å². The van der Waals surface area contributed by atoms with Gasteiger partial charge >= 0.3 is 0 Å². The quantitative estimate of drug-likeness (QED) is 0.415. The summed E-state index contributed by atoms with van der Waals surface area (Å²) in [7, 11) is 0. The molecule has 0 radical (unpaired) electrons. The summed E-state index contributed by atoms with van der Waals surface area (Å²) in [5.41, 5.74) is 11.9. The third-order valence-corrected chi connectivity index (χ3v) is 6.31. The summed E-state index contributed by atoms with van der Waals surface area (Å²) in [5, 5.41) is 1.25. The second-order valence-electron chi connectivity index (χ2n) is 8.40. The Morgan fingerprint density at radius 2 is 1.43 bits per heavy atom. The Labute approximate surface area is 182 Å². The number of nitrogens with zero attached hydrogens (tertiary/aromatic N) is 1. The molecule has 3 heteroatoms. The highest BCUT2D eigenvalue weighted by Gasteiger charge is 2.26. The maximum Gasteiger partial charge on any atom is 0.214 e. The number of rotatable bonds is 11. The van der Waals surface area contributed by atoms with Gasteiger partial charge in [0, 0.05) is 24.5 Å². The number of fused-ring (bicyclic) bond motifs is 2. The number of pyridine rings is 1. The van der Waals surface area contributed by atoms with E-state index in [-0.39, 0.29) is 17.0 Å². The predicted octanol–water partition coefficient (Wildman–Crippen LogP) is 3.51. The van der Waals surface area contributed by atoms with Crippen molar-refractivity contribution in [2.45, 2.75) is 103 Å². The monoisotopic (exact) mass is 446 g/mol. The normalized spacial score (nSPS) is 13.3. The predicted molar refractivity (Wildman–Crippen MR) is 117 cm³/mol. The Hall–Kier alpha value is -1.09. The topological polar surface area (TPSA) is 29.9 Å². The summed E-state index contributed by atoms with van der Waals surface area (Å²) < 4.78 is 2.60. The molecule has 2 N–H and O–H groups in total. The second-order valence-corrected chi connectivity index (χ2v) is 8.40. The lowest BCUT2D eigenvalue weighted by atomic mass is 9.92. The van der Waals surface area contributed by atoms with Gasteiger partial charge < -0.3 is 22.7 Å². The van der Waals surface area contributed by atoms with Crippen molar-refractivity contribution >= 4 is 16.6 Å². The van der Waals surface area contributed by atoms with E-state index in [9.17, 15) is 0 Å². The maximum atomic E-state index is 6.55. The van der Waals surface area contributed by atoms with Crippen LogP contribution in [-0.4, -0.2) is 0 Å². The molecular formula is C25H39BrN2. The van der Waals surface area contributed by atoms with E-state index in [1.807, 2.05) is 0 Å². The fraction of sp³-hybridized carbons (Fsp3) is 0.640. The number of unbranched alkanes of at least 4 members (excludes halogenated alkanes) is 9. The lowest BCUT2D eigenvalue weighted by molar-refractivity contribution is -0.680. The number of nitrogen functional groups attached to an aromatic ring is 1. The molecule has 1 aliphatic carbocycles. The van der Waals surface area contributed by atoms with Crippen LogP contribution in [0.5, 0.6) is 0 Å². The van der Waals surface area contributed by atoms with Crippen molar-refractivity contribution in [1.29, 1.82) is 0 Å². The van der Waals surface area contributed by atoms with E-state index in [1.165, 1.54) is 106 Å². The third kappa shape index (κ3) is 5.95. The summed E-state index contributed by atoms with van der Waals surface area (Å²) in [5.74, 6) is 0. The Kier molecular flexibility index (Phi) is 10.3. The molecule has 0 atom stereocenters. The molecular weight excluding hydrogens is 408 g/mol. The molecule has 0 amide bonds. The number of hydrogen-bond donors (Lipinski definition) is 1. The number of hydrogen-bond acceptors (Lipinski definition) is 1. The molecule has 1 aliphatic rings. The average molecular weight is 448 g/mol. The molecule has 1 aromatic carbocycles. The molecule has 1 aromatic heterocycles. The first-order valence-electron chi connectivity index (χ1n) is 11.5. The van der Waals surface area contributed by atoms with Crippen LogP contribution in [0.15, 0.2) is 24.3 Å². The minimum atomic E-state index is 0. The van der Waals surface area contributed by atoms with Gasteiger partial charge in [-0.3, -0.25) is 0 Å². The largest absolute Gasteiger partial charge is 1.00 e. The number of aromatic nitrogens is 1. The highest BCUT2D eigenvalue weighted by atomic mass is 79.9. The van der Waals surface area contributed by atoms with Crippen LogP contribution >= 0.6 is 0 Å². The summed E-state index contributed by atoms with van der Waals surface area (Å²) in [6.45, 7) is 3.44. The van der Waals surface area contributed by atoms with E-state index >= 15 is 0 Å². The molecule has 3 rings (SSSR count). The molecule has 0 unspecified atom stereocenters. The van der Waals surface area contributed by atoms with Crippen LogP contribution in [0.25, 0.3) is 10.9 Å². The van der Waals surface area contributed by atoms with Gasteiger partial charge in [0.15, 0.2) is 5.69 Å². The zero-order chi connectivity index (χ0) is 18.9. The SMILES string of the molecule is CCCCCCCCCCCC[n+]1c2c(c(N)c3ccccc31)CCCC2.[Br-]. The van der Waals surface area contributed by atoms with Gasteiger partial charge in [-0.25, -0.2) is 0 Å². The van der Waals surface area contributed by atoms with Gasteiger partial charge in [0.2, 0.25) is 5.52 Å². The van der Waals surface area contributed by atoms with Crippen molar-refractivity contribution in [3.05, 3.63) is 35.5 Å². The van der Waals surface area contributed by atoms with Gasteiger partial charge in [0.25, 0.3) is 0 Å². The lowest BCUT2D eigenvalue weighted by Gasteiger charge is -2.18. The molecule has 0 bridgehead atoms. The van der Waals surface area contributed by atoms with Crippen LogP contribution in [-0.2, 0) is 19.4 Å². The molecule has 0 aliphatic heterocycles. The average Bonchev–Trinajstić information content (AvgIpc) is 2.71. The Morgan fingerprint density at radius 1 is 0.821 bits per heavy atom. The van der Waals surface area contributed by atoms with Crippen LogP contribution < -0.4 is 27.3 Å². The van der Waals surface area contributed by atoms with Crippen molar-refractivity contribution in [2.75, 3.05) is 5.73 Å². The zero-order valence-corrected chi connectivity index (χ0v) is 19.4. The van der Waals surface area contributed by atoms with Crippen LogP contribution in [0, 0.1) is 0 Å². The lowest BCUT2D eigenvalue weighted by Crippen LogP contribution is -3.00. The van der Waals surface area contributed by atoms with Gasteiger partial charge in [0.05, 0.1) is 11.1 Å². The first kappa shape index (κ1) is 23.2. The molecule has 0 fully saturated rings. The highest BCUT2D eigenvalue weighted by molar-refractivity contribution is 5.89. The van der Waals surface area contributed by atoms with E-state index in [1.54, 1.807) is 0 Å². The molecule has 0 saturated heterocycles. The molecule has 2 aromatic rings. The smallest absolute Gasteiger partial charge is 0.214 e. The second kappa shape index (κ2) is 12.5. The van der Waals surface area contributed by atoms with E-state index in [0.717, 1.165) is 18.7 Å². The van der Waals surface area contributed by atoms with Crippen molar-refractivity contribution < 1.29 is 21.5 Å². The maximum absolute atomic E-state index is 6.55. The third-order valence-electron chi connectivity index (χ3n) is 6.31. The molecule has 156 valence electrons. The Balaban J connectivity index is 0.00000280. The van der Waals surface area contributed by atoms with Gasteiger partial charge in [-0.2, -0.15) is 4.57 Å². The first-order valence-corrected chi connectivity index (χ1v) is 11.5. The van der Waals surface area contributed by atoms with Crippen molar-refractivity contribution in [3.63, 3.8) is 0 Å². The van der Waals surface area contributed by atoms with Crippen molar-refractivity contribution in [2.24, 2.45) is 0 Å². The number of nitrogens with two attached hydrogens (primary N) is 1. The minimum Gasteiger partial charge on any atom is -1.00 e. The Morgan fingerprint density at radius 3 is 2.14 bits per heavy atom. The number of aryl methyl sites for hydroxylation is 1. The first-order chi connectivity index (χ1) is 13.3. The van der Waals surface area contributed by atoms with Crippen LogP contribution in [0.3, 0.4) is 0 Å². The van der Waals surface area contributed by atoms with Gasteiger partial charge in [-0.15, -0.1) is 0 Å². The highest BCUT2D eigenvalue weighted by Crippen LogP contribution is 2.30. The van der Waals surface area contributed by atoms with Gasteiger partial charge in [-0.1, -0.05) is 70.4 Å².